The van der Waals surface area contributed by atoms with Crippen LogP contribution >= 0.6 is 15.9 Å². The monoisotopic (exact) mass is 513 g/mol. The van der Waals surface area contributed by atoms with Gasteiger partial charge in [0.25, 0.3) is 0 Å². The predicted octanol–water partition coefficient (Wildman–Crippen LogP) is 5.92. The topological polar surface area (TPSA) is 64.6 Å². The molecule has 2 aromatic carbocycles. The molecule has 2 aromatic rings. The Kier molecular flexibility index (Phi) is 8.18. The number of ether oxygens (including phenoxy) is 1. The first-order valence-corrected chi connectivity index (χ1v) is 15.6. The molecular weight excluding hydrogens is 482 g/mol. The molecule has 0 aromatic heterocycles. The average Bonchev–Trinajstić information content (AvgIpc) is 2.59. The highest BCUT2D eigenvalue weighted by molar-refractivity contribution is 9.09. The summed E-state index contributed by atoms with van der Waals surface area (Å²) in [5, 5.41) is -0.0440. The third kappa shape index (κ3) is 7.72. The molecule has 1 N–H and O–H groups in total. The van der Waals surface area contributed by atoms with Gasteiger partial charge in [0.05, 0.1) is 11.9 Å². The third-order valence-corrected chi connectivity index (χ3v) is 11.1. The van der Waals surface area contributed by atoms with Gasteiger partial charge >= 0.3 is 0 Å². The smallest absolute Gasteiger partial charge is 0.229 e. The molecule has 8 heteroatoms. The largest absolute Gasteiger partial charge is 0.487 e. The Bertz CT molecular complexity index is 943. The first-order chi connectivity index (χ1) is 13.8. The van der Waals surface area contributed by atoms with Crippen LogP contribution in [0.25, 0.3) is 0 Å². The van der Waals surface area contributed by atoms with Crippen LogP contribution in [0.15, 0.2) is 48.5 Å². The summed E-state index contributed by atoms with van der Waals surface area (Å²) in [6.45, 7) is 11.4. The molecule has 1 atom stereocenters. The molecule has 0 aliphatic heterocycles. The predicted molar refractivity (Wildman–Crippen MR) is 130 cm³/mol. The Balaban J connectivity index is 2.18. The lowest BCUT2D eigenvalue weighted by molar-refractivity contribution is 0.267. The van der Waals surface area contributed by atoms with E-state index in [1.54, 1.807) is 6.07 Å². The van der Waals surface area contributed by atoms with Gasteiger partial charge in [-0.1, -0.05) is 73.1 Å². The van der Waals surface area contributed by atoms with E-state index in [0.29, 0.717) is 24.5 Å². The minimum absolute atomic E-state index is 0.108. The van der Waals surface area contributed by atoms with Crippen LogP contribution in [-0.2, 0) is 27.5 Å². The van der Waals surface area contributed by atoms with Crippen molar-refractivity contribution in [2.75, 3.05) is 11.0 Å². The third-order valence-electron chi connectivity index (χ3n) is 5.20. The fourth-order valence-electron chi connectivity index (χ4n) is 2.57. The molecule has 0 amide bonds. The molecule has 166 valence electrons. The van der Waals surface area contributed by atoms with E-state index in [2.05, 4.69) is 54.5 Å². The second-order valence-corrected chi connectivity index (χ2v) is 16.5. The van der Waals surface area contributed by atoms with E-state index in [4.69, 9.17) is 9.16 Å². The van der Waals surface area contributed by atoms with E-state index in [9.17, 15) is 8.42 Å². The molecule has 0 aliphatic carbocycles. The van der Waals surface area contributed by atoms with Crippen molar-refractivity contribution in [2.24, 2.45) is 0 Å². The molecule has 0 spiro atoms. The lowest BCUT2D eigenvalue weighted by Gasteiger charge is -2.38. The number of halogens is 1. The van der Waals surface area contributed by atoms with Gasteiger partial charge in [-0.3, -0.25) is 4.72 Å². The number of alkyl halides is 1. The van der Waals surface area contributed by atoms with Gasteiger partial charge in [-0.25, -0.2) is 8.42 Å². The van der Waals surface area contributed by atoms with E-state index in [1.165, 1.54) is 0 Å². The van der Waals surface area contributed by atoms with Crippen LogP contribution < -0.4 is 9.46 Å². The number of benzene rings is 2. The maximum absolute atomic E-state index is 11.9. The Morgan fingerprint density at radius 3 is 2.27 bits per heavy atom. The number of nitrogens with one attached hydrogen (secondary N) is 1. The molecule has 0 aliphatic rings. The van der Waals surface area contributed by atoms with Crippen LogP contribution in [0.2, 0.25) is 18.1 Å². The van der Waals surface area contributed by atoms with E-state index < -0.39 is 18.3 Å². The molecule has 0 bridgehead atoms. The van der Waals surface area contributed by atoms with Crippen LogP contribution in [0.3, 0.4) is 0 Å². The molecular formula is C22H32BrNO4SSi. The van der Waals surface area contributed by atoms with Crippen molar-refractivity contribution in [3.63, 3.8) is 0 Å². The first kappa shape index (κ1) is 24.9. The van der Waals surface area contributed by atoms with E-state index in [1.807, 2.05) is 42.5 Å². The van der Waals surface area contributed by atoms with Gasteiger partial charge in [-0.05, 0) is 41.4 Å². The normalized spacial score (nSPS) is 13.7. The highest BCUT2D eigenvalue weighted by Gasteiger charge is 2.38. The molecule has 0 radical (unpaired) electrons. The van der Waals surface area contributed by atoms with Crippen molar-refractivity contribution in [3.8, 4) is 5.75 Å². The SMILES string of the molecule is CC(C)(C)[Si](C)(C)OC(Br)Cc1ccc(OCc2ccccc2)c(NS(C)(=O)=O)c1. The number of hydrogen-bond donors (Lipinski definition) is 1. The number of sulfonamides is 1. The van der Waals surface area contributed by atoms with Crippen LogP contribution in [0.4, 0.5) is 5.69 Å². The minimum Gasteiger partial charge on any atom is -0.487 e. The maximum atomic E-state index is 11.9. The average molecular weight is 515 g/mol. The highest BCUT2D eigenvalue weighted by atomic mass is 79.9. The van der Waals surface area contributed by atoms with Gasteiger partial charge < -0.3 is 9.16 Å². The molecule has 30 heavy (non-hydrogen) atoms. The van der Waals surface area contributed by atoms with Crippen LogP contribution in [0, 0.1) is 0 Å². The summed E-state index contributed by atoms with van der Waals surface area (Å²) >= 11 is 3.65. The Hall–Kier alpha value is -1.35. The minimum atomic E-state index is -3.44. The number of hydrogen-bond acceptors (Lipinski definition) is 4. The summed E-state index contributed by atoms with van der Waals surface area (Å²) in [7, 11) is -5.36. The fourth-order valence-corrected chi connectivity index (χ4v) is 5.98. The summed E-state index contributed by atoms with van der Waals surface area (Å²) < 4.78 is 38.6. The van der Waals surface area contributed by atoms with Crippen molar-refractivity contribution in [1.82, 2.24) is 0 Å². The number of rotatable bonds is 9. The summed E-state index contributed by atoms with van der Waals surface area (Å²) in [5.74, 6) is 0.490. The van der Waals surface area contributed by atoms with Gasteiger partial charge in [-0.2, -0.15) is 0 Å². The molecule has 0 saturated heterocycles. The second-order valence-electron chi connectivity index (χ2n) is 8.97. The molecule has 0 fully saturated rings. The number of anilines is 1. The zero-order valence-corrected chi connectivity index (χ0v) is 21.9. The van der Waals surface area contributed by atoms with E-state index in [0.717, 1.165) is 17.4 Å². The van der Waals surface area contributed by atoms with Crippen molar-refractivity contribution in [2.45, 2.75) is 56.9 Å². The highest BCUT2D eigenvalue weighted by Crippen LogP contribution is 2.38. The molecule has 1 unspecified atom stereocenters. The first-order valence-electron chi connectivity index (χ1n) is 9.86. The summed E-state index contributed by atoms with van der Waals surface area (Å²) in [6, 6.07) is 15.3. The second kappa shape index (κ2) is 9.85. The lowest BCUT2D eigenvalue weighted by Crippen LogP contribution is -2.43. The lowest BCUT2D eigenvalue weighted by atomic mass is 10.1. The molecule has 5 nitrogen and oxygen atoms in total. The summed E-state index contributed by atoms with van der Waals surface area (Å²) in [4.78, 5) is 0. The van der Waals surface area contributed by atoms with Crippen molar-refractivity contribution in [3.05, 3.63) is 59.7 Å². The van der Waals surface area contributed by atoms with Gasteiger partial charge in [0, 0.05) is 6.42 Å². The van der Waals surface area contributed by atoms with Gasteiger partial charge in [0.1, 0.15) is 17.4 Å². The van der Waals surface area contributed by atoms with Gasteiger partial charge in [0.2, 0.25) is 10.0 Å². The quantitative estimate of drug-likeness (QED) is 0.333. The van der Waals surface area contributed by atoms with E-state index >= 15 is 0 Å². The Labute approximate surface area is 190 Å². The fraction of sp³-hybridized carbons (Fsp3) is 0.455. The van der Waals surface area contributed by atoms with Crippen LogP contribution in [0.5, 0.6) is 5.75 Å². The van der Waals surface area contributed by atoms with Crippen LogP contribution in [0.1, 0.15) is 31.9 Å². The zero-order chi connectivity index (χ0) is 22.6. The van der Waals surface area contributed by atoms with Gasteiger partial charge in [0.15, 0.2) is 8.32 Å². The maximum Gasteiger partial charge on any atom is 0.229 e. The van der Waals surface area contributed by atoms with Crippen molar-refractivity contribution in [1.29, 1.82) is 0 Å². The molecule has 0 heterocycles. The standard InChI is InChI=1S/C22H32BrNO4SSi/c1-22(2,3)30(5,6)28-21(23)15-18-12-13-20(19(14-18)24-29(4,25)26)27-16-17-10-8-7-9-11-17/h7-14,21,24H,15-16H2,1-6H3. The summed E-state index contributed by atoms with van der Waals surface area (Å²) in [6.07, 6.45) is 1.75. The zero-order valence-electron chi connectivity index (χ0n) is 18.5. The Morgan fingerprint density at radius 1 is 1.07 bits per heavy atom. The molecule has 0 saturated carbocycles. The van der Waals surface area contributed by atoms with Crippen molar-refractivity contribution < 1.29 is 17.6 Å². The van der Waals surface area contributed by atoms with Gasteiger partial charge in [-0.15, -0.1) is 0 Å². The van der Waals surface area contributed by atoms with E-state index in [-0.39, 0.29) is 10.1 Å². The molecule has 2 rings (SSSR count). The summed E-state index contributed by atoms with van der Waals surface area (Å²) in [5.41, 5.74) is 2.39. The van der Waals surface area contributed by atoms with Crippen LogP contribution in [-0.4, -0.2) is 28.0 Å². The Morgan fingerprint density at radius 2 is 1.70 bits per heavy atom. The van der Waals surface area contributed by atoms with Crippen molar-refractivity contribution >= 4 is 40.0 Å².